The molecule has 4 aliphatic rings. The van der Waals surface area contributed by atoms with E-state index in [4.69, 9.17) is 5.41 Å². The van der Waals surface area contributed by atoms with Crippen LogP contribution in [0, 0.1) is 11.3 Å². The molecule has 1 unspecified atom stereocenters. The summed E-state index contributed by atoms with van der Waals surface area (Å²) in [6, 6.07) is 8.98. The highest BCUT2D eigenvalue weighted by Gasteiger charge is 2.40. The SMILES string of the molecule is N=C1c2ccccc2CN1C1CN2CCC1CC2. The predicted octanol–water partition coefficient (Wildman–Crippen LogP) is 1.92. The minimum atomic E-state index is 0.576. The lowest BCUT2D eigenvalue weighted by atomic mass is 9.83. The van der Waals surface area contributed by atoms with Crippen LogP contribution in [-0.4, -0.2) is 41.3 Å². The lowest BCUT2D eigenvalue weighted by molar-refractivity contribution is 0.0334. The second-order valence-electron chi connectivity index (χ2n) is 5.84. The first-order valence-corrected chi connectivity index (χ1v) is 6.99. The number of rotatable bonds is 1. The summed E-state index contributed by atoms with van der Waals surface area (Å²) in [5, 5.41) is 8.41. The molecule has 3 heteroatoms. The summed E-state index contributed by atoms with van der Waals surface area (Å²) in [6.45, 7) is 4.66. The maximum atomic E-state index is 8.41. The zero-order valence-electron chi connectivity index (χ0n) is 10.6. The highest BCUT2D eigenvalue weighted by molar-refractivity contribution is 6.00. The molecular formula is C15H19N3. The normalized spacial score (nSPS) is 33.9. The average Bonchev–Trinajstić information content (AvgIpc) is 2.78. The topological polar surface area (TPSA) is 30.3 Å². The number of nitrogens with one attached hydrogen (secondary N) is 1. The fourth-order valence-corrected chi connectivity index (χ4v) is 3.88. The van der Waals surface area contributed by atoms with Gasteiger partial charge in [-0.05, 0) is 37.4 Å². The van der Waals surface area contributed by atoms with Crippen LogP contribution in [0.5, 0.6) is 0 Å². The number of amidine groups is 1. The van der Waals surface area contributed by atoms with Crippen LogP contribution >= 0.6 is 0 Å². The molecule has 1 aromatic carbocycles. The van der Waals surface area contributed by atoms with Gasteiger partial charge in [-0.15, -0.1) is 0 Å². The van der Waals surface area contributed by atoms with Crippen LogP contribution in [0.3, 0.4) is 0 Å². The van der Waals surface area contributed by atoms with Crippen LogP contribution in [0.2, 0.25) is 0 Å². The zero-order valence-corrected chi connectivity index (χ0v) is 10.6. The third-order valence-electron chi connectivity index (χ3n) is 4.92. The van der Waals surface area contributed by atoms with Gasteiger partial charge in [0.1, 0.15) is 5.84 Å². The van der Waals surface area contributed by atoms with E-state index in [1.807, 2.05) is 6.07 Å². The van der Waals surface area contributed by atoms with Crippen molar-refractivity contribution in [1.29, 1.82) is 5.41 Å². The Bertz CT molecular complexity index is 488. The molecule has 3 fully saturated rings. The highest BCUT2D eigenvalue weighted by Crippen LogP contribution is 2.35. The van der Waals surface area contributed by atoms with Gasteiger partial charge >= 0.3 is 0 Å². The first kappa shape index (κ1) is 10.6. The van der Waals surface area contributed by atoms with E-state index in [1.54, 1.807) is 0 Å². The maximum absolute atomic E-state index is 8.41. The lowest BCUT2D eigenvalue weighted by Crippen LogP contribution is -2.57. The van der Waals surface area contributed by atoms with Gasteiger partial charge in [-0.3, -0.25) is 5.41 Å². The van der Waals surface area contributed by atoms with Gasteiger partial charge in [0.25, 0.3) is 0 Å². The molecular weight excluding hydrogens is 222 g/mol. The quantitative estimate of drug-likeness (QED) is 0.814. The molecule has 2 bridgehead atoms. The van der Waals surface area contributed by atoms with Crippen molar-refractivity contribution in [3.63, 3.8) is 0 Å². The number of hydrogen-bond acceptors (Lipinski definition) is 2. The van der Waals surface area contributed by atoms with Crippen molar-refractivity contribution in [2.45, 2.75) is 25.4 Å². The molecule has 0 spiro atoms. The molecule has 0 radical (unpaired) electrons. The van der Waals surface area contributed by atoms with Gasteiger partial charge in [0, 0.05) is 24.7 Å². The number of hydrogen-bond donors (Lipinski definition) is 1. The summed E-state index contributed by atoms with van der Waals surface area (Å²) in [5.74, 6) is 1.56. The van der Waals surface area contributed by atoms with Crippen LogP contribution in [0.25, 0.3) is 0 Å². The molecule has 0 amide bonds. The summed E-state index contributed by atoms with van der Waals surface area (Å²) in [4.78, 5) is 4.92. The van der Waals surface area contributed by atoms with Gasteiger partial charge in [0.15, 0.2) is 0 Å². The van der Waals surface area contributed by atoms with Gasteiger partial charge in [-0.25, -0.2) is 0 Å². The first-order valence-electron chi connectivity index (χ1n) is 6.99. The Morgan fingerprint density at radius 3 is 2.56 bits per heavy atom. The van der Waals surface area contributed by atoms with E-state index in [0.717, 1.165) is 23.9 Å². The Labute approximate surface area is 108 Å². The van der Waals surface area contributed by atoms with E-state index in [0.29, 0.717) is 6.04 Å². The van der Waals surface area contributed by atoms with Gasteiger partial charge in [-0.1, -0.05) is 24.3 Å². The van der Waals surface area contributed by atoms with Crippen LogP contribution in [0.4, 0.5) is 0 Å². The second-order valence-corrected chi connectivity index (χ2v) is 5.84. The number of benzene rings is 1. The van der Waals surface area contributed by atoms with E-state index < -0.39 is 0 Å². The second kappa shape index (κ2) is 3.82. The number of nitrogens with zero attached hydrogens (tertiary/aromatic N) is 2. The standard InChI is InChI=1S/C15H19N3/c16-15-13-4-2-1-3-12(13)9-18(15)14-10-17-7-5-11(14)6-8-17/h1-4,11,14,16H,5-10H2. The zero-order chi connectivity index (χ0) is 12.1. The fraction of sp³-hybridized carbons (Fsp3) is 0.533. The molecule has 0 saturated carbocycles. The van der Waals surface area contributed by atoms with Crippen molar-refractivity contribution < 1.29 is 0 Å². The van der Waals surface area contributed by atoms with Gasteiger partial charge in [0.2, 0.25) is 0 Å². The molecule has 4 heterocycles. The largest absolute Gasteiger partial charge is 0.348 e. The smallest absolute Gasteiger partial charge is 0.129 e. The summed E-state index contributed by atoms with van der Waals surface area (Å²) >= 11 is 0. The molecule has 94 valence electrons. The van der Waals surface area contributed by atoms with E-state index in [9.17, 15) is 0 Å². The average molecular weight is 241 g/mol. The highest BCUT2D eigenvalue weighted by atomic mass is 15.3. The molecule has 0 aliphatic carbocycles. The minimum Gasteiger partial charge on any atom is -0.348 e. The molecule has 18 heavy (non-hydrogen) atoms. The minimum absolute atomic E-state index is 0.576. The van der Waals surface area contributed by atoms with Crippen LogP contribution in [-0.2, 0) is 6.54 Å². The third kappa shape index (κ3) is 1.43. The molecule has 0 aromatic heterocycles. The number of piperidine rings is 3. The van der Waals surface area contributed by atoms with E-state index >= 15 is 0 Å². The Balaban J connectivity index is 1.63. The van der Waals surface area contributed by atoms with Crippen molar-refractivity contribution in [2.24, 2.45) is 5.92 Å². The van der Waals surface area contributed by atoms with E-state index in [1.165, 1.54) is 38.0 Å². The Hall–Kier alpha value is -1.35. The van der Waals surface area contributed by atoms with Gasteiger partial charge in [0.05, 0.1) is 0 Å². The molecule has 3 nitrogen and oxygen atoms in total. The van der Waals surface area contributed by atoms with E-state index in [2.05, 4.69) is 28.0 Å². The molecule has 1 atom stereocenters. The Morgan fingerprint density at radius 1 is 1.11 bits per heavy atom. The molecule has 1 N–H and O–H groups in total. The van der Waals surface area contributed by atoms with Crippen LogP contribution < -0.4 is 0 Å². The third-order valence-corrected chi connectivity index (χ3v) is 4.92. The summed E-state index contributed by atoms with van der Waals surface area (Å²) in [7, 11) is 0. The lowest BCUT2D eigenvalue weighted by Gasteiger charge is -2.48. The maximum Gasteiger partial charge on any atom is 0.129 e. The van der Waals surface area contributed by atoms with Gasteiger partial charge < -0.3 is 9.80 Å². The van der Waals surface area contributed by atoms with Crippen LogP contribution in [0.1, 0.15) is 24.0 Å². The predicted molar refractivity (Wildman–Crippen MR) is 71.8 cm³/mol. The monoisotopic (exact) mass is 241 g/mol. The summed E-state index contributed by atoms with van der Waals surface area (Å²) < 4.78 is 0. The van der Waals surface area contributed by atoms with Crippen molar-refractivity contribution in [2.75, 3.05) is 19.6 Å². The molecule has 4 aliphatic heterocycles. The number of fused-ring (bicyclic) bond motifs is 4. The van der Waals surface area contributed by atoms with Crippen molar-refractivity contribution in [3.05, 3.63) is 35.4 Å². The molecule has 3 saturated heterocycles. The Morgan fingerprint density at radius 2 is 1.89 bits per heavy atom. The fourth-order valence-electron chi connectivity index (χ4n) is 3.88. The van der Waals surface area contributed by atoms with Crippen molar-refractivity contribution >= 4 is 5.84 Å². The molecule has 1 aromatic rings. The molecule has 5 rings (SSSR count). The Kier molecular flexibility index (Phi) is 2.24. The van der Waals surface area contributed by atoms with Crippen LogP contribution in [0.15, 0.2) is 24.3 Å². The first-order chi connectivity index (χ1) is 8.83. The van der Waals surface area contributed by atoms with E-state index in [-0.39, 0.29) is 0 Å². The van der Waals surface area contributed by atoms with Gasteiger partial charge in [-0.2, -0.15) is 0 Å². The summed E-state index contributed by atoms with van der Waals surface area (Å²) in [6.07, 6.45) is 2.65. The van der Waals surface area contributed by atoms with Crippen molar-refractivity contribution in [3.8, 4) is 0 Å². The summed E-state index contributed by atoms with van der Waals surface area (Å²) in [5.41, 5.74) is 2.48. The van der Waals surface area contributed by atoms with Crippen molar-refractivity contribution in [1.82, 2.24) is 9.80 Å².